The molecule has 10 heteroatoms. The number of nitrogens with zero attached hydrogens (tertiary/aromatic N) is 3. The minimum Gasteiger partial charge on any atom is -0.495 e. The number of benzene rings is 1. The first-order valence-corrected chi connectivity index (χ1v) is 10.1. The number of ether oxygens (including phenoxy) is 3. The number of amides is 2. The van der Waals surface area contributed by atoms with Crippen molar-refractivity contribution in [1.29, 1.82) is 0 Å². The molecule has 0 aliphatic carbocycles. The van der Waals surface area contributed by atoms with Crippen molar-refractivity contribution in [3.8, 4) is 5.75 Å². The van der Waals surface area contributed by atoms with Gasteiger partial charge in [-0.25, -0.2) is 15.6 Å². The fraction of sp³-hybridized carbons (Fsp3) is 0.476. The molecule has 1 aromatic heterocycles. The van der Waals surface area contributed by atoms with Crippen molar-refractivity contribution in [2.24, 2.45) is 5.84 Å². The van der Waals surface area contributed by atoms with Crippen molar-refractivity contribution in [3.05, 3.63) is 28.3 Å². The second kappa shape index (κ2) is 8.49. The van der Waals surface area contributed by atoms with Gasteiger partial charge < -0.3 is 19.1 Å². The van der Waals surface area contributed by atoms with E-state index in [1.54, 1.807) is 37.8 Å². The van der Waals surface area contributed by atoms with Crippen LogP contribution in [0.1, 0.15) is 44.9 Å². The van der Waals surface area contributed by atoms with E-state index in [-0.39, 0.29) is 30.9 Å². The molecule has 168 valence electrons. The van der Waals surface area contributed by atoms with Gasteiger partial charge >= 0.3 is 6.09 Å². The Balaban J connectivity index is 2.20. The third-order valence-corrected chi connectivity index (χ3v) is 5.30. The van der Waals surface area contributed by atoms with Crippen LogP contribution in [0.2, 0.25) is 5.02 Å². The third kappa shape index (κ3) is 4.39. The minimum absolute atomic E-state index is 0.0629. The summed E-state index contributed by atoms with van der Waals surface area (Å²) in [6, 6.07) is 3.12. The molecule has 1 aliphatic heterocycles. The molecule has 0 spiro atoms. The van der Waals surface area contributed by atoms with Gasteiger partial charge in [-0.05, 0) is 45.4 Å². The Labute approximate surface area is 186 Å². The molecule has 2 N–H and O–H groups in total. The van der Waals surface area contributed by atoms with Gasteiger partial charge in [-0.3, -0.25) is 4.79 Å². The Morgan fingerprint density at radius 2 is 2.00 bits per heavy atom. The Hall–Kier alpha value is -2.62. The summed E-state index contributed by atoms with van der Waals surface area (Å²) in [5.74, 6) is 6.64. The van der Waals surface area contributed by atoms with Crippen LogP contribution >= 0.6 is 11.6 Å². The molecule has 3 rings (SSSR count). The summed E-state index contributed by atoms with van der Waals surface area (Å²) in [5, 5.41) is 2.00. The SMILES string of the molecule is COCC(=O)N1Cc2c(N(N)C(=O)OC(C)(C)C)nc3cc(Cl)c(OC)cc3c2[C@@H]1C. The zero-order chi connectivity index (χ0) is 23.1. The van der Waals surface area contributed by atoms with E-state index < -0.39 is 11.7 Å². The van der Waals surface area contributed by atoms with Crippen LogP contribution in [0.4, 0.5) is 10.6 Å². The number of hydrazine groups is 1. The van der Waals surface area contributed by atoms with Crippen LogP contribution in [0.15, 0.2) is 12.1 Å². The van der Waals surface area contributed by atoms with Crippen molar-refractivity contribution < 1.29 is 23.8 Å². The molecule has 0 unspecified atom stereocenters. The van der Waals surface area contributed by atoms with Gasteiger partial charge in [0.15, 0.2) is 5.82 Å². The molecule has 0 saturated heterocycles. The first-order chi connectivity index (χ1) is 14.5. The van der Waals surface area contributed by atoms with Crippen molar-refractivity contribution in [3.63, 3.8) is 0 Å². The molecule has 9 nitrogen and oxygen atoms in total. The lowest BCUT2D eigenvalue weighted by atomic mass is 10.00. The highest BCUT2D eigenvalue weighted by molar-refractivity contribution is 6.32. The molecule has 31 heavy (non-hydrogen) atoms. The molecule has 0 fully saturated rings. The van der Waals surface area contributed by atoms with Crippen LogP contribution in [0, 0.1) is 0 Å². The van der Waals surface area contributed by atoms with E-state index in [9.17, 15) is 9.59 Å². The summed E-state index contributed by atoms with van der Waals surface area (Å²) in [7, 11) is 2.99. The van der Waals surface area contributed by atoms with Gasteiger partial charge in [-0.2, -0.15) is 5.01 Å². The van der Waals surface area contributed by atoms with Crippen molar-refractivity contribution in [1.82, 2.24) is 9.88 Å². The number of hydrogen-bond donors (Lipinski definition) is 1. The fourth-order valence-electron chi connectivity index (χ4n) is 3.68. The average molecular weight is 451 g/mol. The normalized spacial score (nSPS) is 15.7. The topological polar surface area (TPSA) is 107 Å². The van der Waals surface area contributed by atoms with Gasteiger partial charge in [0.1, 0.15) is 18.0 Å². The molecule has 2 aromatic rings. The van der Waals surface area contributed by atoms with Crippen LogP contribution in [0.3, 0.4) is 0 Å². The molecule has 1 aliphatic rings. The first kappa shape index (κ1) is 23.1. The Kier molecular flexibility index (Phi) is 6.31. The molecule has 2 heterocycles. The molecular weight excluding hydrogens is 424 g/mol. The predicted molar refractivity (Wildman–Crippen MR) is 117 cm³/mol. The monoisotopic (exact) mass is 450 g/mol. The van der Waals surface area contributed by atoms with Gasteiger partial charge in [0.25, 0.3) is 0 Å². The van der Waals surface area contributed by atoms with E-state index in [0.717, 1.165) is 16.0 Å². The van der Waals surface area contributed by atoms with Gasteiger partial charge in [0.2, 0.25) is 5.91 Å². The highest BCUT2D eigenvalue weighted by Crippen LogP contribution is 2.44. The number of anilines is 1. The molecule has 2 amide bonds. The molecule has 0 saturated carbocycles. The smallest absolute Gasteiger partial charge is 0.430 e. The van der Waals surface area contributed by atoms with Gasteiger partial charge in [-0.15, -0.1) is 0 Å². The lowest BCUT2D eigenvalue weighted by Crippen LogP contribution is -2.42. The highest BCUT2D eigenvalue weighted by atomic mass is 35.5. The Morgan fingerprint density at radius 3 is 2.58 bits per heavy atom. The maximum absolute atomic E-state index is 12.7. The minimum atomic E-state index is -0.754. The number of carbonyl (C=O) groups is 2. The summed E-state index contributed by atoms with van der Waals surface area (Å²) in [4.78, 5) is 31.5. The maximum Gasteiger partial charge on any atom is 0.430 e. The van der Waals surface area contributed by atoms with Crippen molar-refractivity contribution in [2.45, 2.75) is 45.9 Å². The Bertz CT molecular complexity index is 1040. The highest BCUT2D eigenvalue weighted by Gasteiger charge is 2.37. The Morgan fingerprint density at radius 1 is 1.32 bits per heavy atom. The van der Waals surface area contributed by atoms with Gasteiger partial charge in [0.05, 0.1) is 30.2 Å². The molecule has 0 bridgehead atoms. The average Bonchev–Trinajstić information content (AvgIpc) is 3.03. The number of halogens is 1. The summed E-state index contributed by atoms with van der Waals surface area (Å²) < 4.78 is 15.8. The van der Waals surface area contributed by atoms with E-state index in [4.69, 9.17) is 31.7 Å². The second-order valence-electron chi connectivity index (χ2n) is 8.31. The summed E-state index contributed by atoms with van der Waals surface area (Å²) >= 11 is 6.31. The van der Waals surface area contributed by atoms with E-state index in [2.05, 4.69) is 4.98 Å². The summed E-state index contributed by atoms with van der Waals surface area (Å²) in [6.07, 6.45) is -0.754. The van der Waals surface area contributed by atoms with E-state index >= 15 is 0 Å². The number of pyridine rings is 1. The second-order valence-corrected chi connectivity index (χ2v) is 8.72. The van der Waals surface area contributed by atoms with Crippen LogP contribution in [-0.4, -0.2) is 48.3 Å². The number of rotatable bonds is 4. The van der Waals surface area contributed by atoms with Crippen molar-refractivity contribution >= 4 is 40.3 Å². The van der Waals surface area contributed by atoms with Crippen LogP contribution in [-0.2, 0) is 20.8 Å². The zero-order valence-corrected chi connectivity index (χ0v) is 19.2. The summed E-state index contributed by atoms with van der Waals surface area (Å²) in [5.41, 5.74) is 1.26. The number of aromatic nitrogens is 1. The maximum atomic E-state index is 12.7. The standard InChI is InChI=1S/C21H27ClN4O5/c1-11-18-12-7-16(30-6)14(22)8-15(12)24-19(26(23)20(28)31-21(2,3)4)13(18)9-25(11)17(27)10-29-5/h7-8,11H,9-10,23H2,1-6H3/t11-/m0/s1. The number of hydrogen-bond acceptors (Lipinski definition) is 7. The quantitative estimate of drug-likeness (QED) is 0.431. The fourth-order valence-corrected chi connectivity index (χ4v) is 3.91. The van der Waals surface area contributed by atoms with Crippen LogP contribution < -0.4 is 15.6 Å². The van der Waals surface area contributed by atoms with E-state index in [1.165, 1.54) is 14.2 Å². The first-order valence-electron chi connectivity index (χ1n) is 9.74. The van der Waals surface area contributed by atoms with Gasteiger partial charge in [-0.1, -0.05) is 11.6 Å². The number of nitrogens with two attached hydrogens (primary N) is 1. The van der Waals surface area contributed by atoms with E-state index in [0.29, 0.717) is 21.9 Å². The largest absolute Gasteiger partial charge is 0.495 e. The number of carbonyl (C=O) groups excluding carboxylic acids is 2. The predicted octanol–water partition coefficient (Wildman–Crippen LogP) is 3.56. The third-order valence-electron chi connectivity index (χ3n) is 5.00. The molecular formula is C21H27ClN4O5. The zero-order valence-electron chi connectivity index (χ0n) is 18.5. The number of fused-ring (bicyclic) bond motifs is 3. The van der Waals surface area contributed by atoms with Crippen molar-refractivity contribution in [2.75, 3.05) is 25.8 Å². The summed E-state index contributed by atoms with van der Waals surface area (Å²) in [6.45, 7) is 7.30. The number of methoxy groups -OCH3 is 2. The lowest BCUT2D eigenvalue weighted by molar-refractivity contribution is -0.137. The van der Waals surface area contributed by atoms with Crippen LogP contribution in [0.5, 0.6) is 5.75 Å². The molecule has 0 radical (unpaired) electrons. The van der Waals surface area contributed by atoms with Crippen LogP contribution in [0.25, 0.3) is 10.9 Å². The lowest BCUT2D eigenvalue weighted by Gasteiger charge is -2.25. The van der Waals surface area contributed by atoms with E-state index in [1.807, 2.05) is 6.92 Å². The molecule has 1 atom stereocenters. The van der Waals surface area contributed by atoms with Gasteiger partial charge in [0, 0.05) is 18.1 Å². The molecule has 1 aromatic carbocycles.